The highest BCUT2D eigenvalue weighted by atomic mass is 32.2. The van der Waals surface area contributed by atoms with Gasteiger partial charge in [0.05, 0.1) is 61.0 Å². The second kappa shape index (κ2) is 32.7. The third kappa shape index (κ3) is 19.0. The number of nitrogens with one attached hydrogen (secondary N) is 9. The van der Waals surface area contributed by atoms with Crippen molar-refractivity contribution in [1.29, 1.82) is 0 Å². The number of anilines is 1. The number of hydrogen-bond donors (Lipinski definition) is 12. The number of aromatic nitrogens is 1. The summed E-state index contributed by atoms with van der Waals surface area (Å²) in [4.78, 5) is 198. The number of aliphatic hydroxyl groups excluding tert-OH is 3. The number of ketones is 3. The first-order valence-electron chi connectivity index (χ1n) is 31.2. The average Bonchev–Trinajstić information content (AvgIpc) is 1.69. The molecule has 7 rings (SSSR count). The summed E-state index contributed by atoms with van der Waals surface area (Å²) in [5, 5.41) is 54.4. The Morgan fingerprint density at radius 2 is 1.43 bits per heavy atom. The van der Waals surface area contributed by atoms with Gasteiger partial charge in [-0.1, -0.05) is 78.3 Å². The van der Waals surface area contributed by atoms with Crippen LogP contribution in [0.15, 0.2) is 65.7 Å². The Morgan fingerprint density at radius 1 is 0.763 bits per heavy atom. The summed E-state index contributed by atoms with van der Waals surface area (Å²) in [5.74, 6) is -16.0. The number of Topliss-reactive ketones (excluding diaryl/α,β-unsaturated/α-hetero) is 3. The Hall–Kier alpha value is -8.67. The average molecular weight is 1310 g/mol. The number of aromatic amines is 1. The molecule has 4 aliphatic rings. The van der Waals surface area contributed by atoms with Crippen LogP contribution in [-0.2, 0) is 80.1 Å². The minimum Gasteiger partial charge on any atom is -0.394 e. The van der Waals surface area contributed by atoms with Crippen LogP contribution in [0.3, 0.4) is 0 Å². The molecule has 12 N–H and O–H groups in total. The first-order chi connectivity index (χ1) is 44.2. The van der Waals surface area contributed by atoms with Crippen LogP contribution in [-0.4, -0.2) is 193 Å². The smallest absolute Gasteiger partial charge is 0.253 e. The molecule has 502 valence electrons. The number of carbonyl (C=O) groups is 14. The Kier molecular flexibility index (Phi) is 25.3. The molecule has 0 saturated carbocycles. The van der Waals surface area contributed by atoms with Gasteiger partial charge in [0.2, 0.25) is 53.2 Å². The Morgan fingerprint density at radius 3 is 2.10 bits per heavy atom. The highest BCUT2D eigenvalue weighted by molar-refractivity contribution is 7.99. The highest BCUT2D eigenvalue weighted by Crippen LogP contribution is 2.35. The monoisotopic (exact) mass is 1310 g/mol. The van der Waals surface area contributed by atoms with Crippen molar-refractivity contribution >= 4 is 111 Å². The lowest BCUT2D eigenvalue weighted by atomic mass is 9.85. The summed E-state index contributed by atoms with van der Waals surface area (Å²) < 4.78 is 0. The first kappa shape index (κ1) is 71.8. The van der Waals surface area contributed by atoms with E-state index < -0.39 is 200 Å². The van der Waals surface area contributed by atoms with Gasteiger partial charge in [-0.2, -0.15) is 0 Å². The zero-order valence-corrected chi connectivity index (χ0v) is 53.6. The Balaban J connectivity index is 1.14. The number of hydrogen-bond acceptors (Lipinski definition) is 18. The summed E-state index contributed by atoms with van der Waals surface area (Å²) in [6.45, 7) is 6.87. The second-order valence-corrected chi connectivity index (χ2v) is 25.7. The number of fused-ring (bicyclic) bond motifs is 5. The number of benzene rings is 2. The van der Waals surface area contributed by atoms with Crippen LogP contribution in [0.2, 0.25) is 0 Å². The Bertz CT molecular complexity index is 3370. The number of carbonyl (C=O) groups excluding carboxylic acids is 14. The fourth-order valence-electron chi connectivity index (χ4n) is 11.6. The van der Waals surface area contributed by atoms with Crippen molar-refractivity contribution in [2.45, 2.75) is 147 Å². The van der Waals surface area contributed by atoms with Crippen molar-refractivity contribution in [1.82, 2.24) is 52.0 Å². The topological polar surface area (TPSA) is 418 Å². The summed E-state index contributed by atoms with van der Waals surface area (Å²) in [6, 6.07) is 6.49. The lowest BCUT2D eigenvalue weighted by Gasteiger charge is -2.32. The number of thioether (sulfide) groups is 1. The molecular weight excluding hydrogens is 1230 g/mol. The van der Waals surface area contributed by atoms with E-state index in [0.717, 1.165) is 33.7 Å². The van der Waals surface area contributed by atoms with Crippen LogP contribution < -0.4 is 42.5 Å². The molecule has 2 bridgehead atoms. The zero-order chi connectivity index (χ0) is 68.0. The third-order valence-corrected chi connectivity index (χ3v) is 18.5. The van der Waals surface area contributed by atoms with Gasteiger partial charge in [0.1, 0.15) is 12.1 Å². The molecule has 1 saturated heterocycles. The van der Waals surface area contributed by atoms with Crippen LogP contribution in [0.1, 0.15) is 97.6 Å². The molecule has 29 heteroatoms. The fourth-order valence-corrected chi connectivity index (χ4v) is 12.7. The molecule has 1 fully saturated rings. The third-order valence-electron chi connectivity index (χ3n) is 17.3. The predicted molar refractivity (Wildman–Crippen MR) is 336 cm³/mol. The quantitative estimate of drug-likeness (QED) is 0.0664. The first-order valence-corrected chi connectivity index (χ1v) is 32.2. The van der Waals surface area contributed by atoms with Gasteiger partial charge in [-0.05, 0) is 47.6 Å². The molecule has 28 nitrogen and oxygen atoms in total. The standard InChI is InChI=1S/C64H83N11O17S/c1-7-33(4)57-62(91)67-27-52(84)69-44-31-93-63-42(41-10-8-9-11-43(41)70-63)21-37(60(89)66-28-53(85)72-57)22-48(80)58(35(6)49(81)30-76)73-61(90)45-25-40(77)29-75(45)64(92)38(23-46(44)78)24-51(83)65-26-36-12-14-39(15-13-36)68-59(88)34(5)20-47(79)56(32(2)3)71-50(82)18-19-74-54(86)16-17-55(74)87/h8-17,32-35,37-38,40,44-45,49,56-58,70,76-77,81H,7,18-31H2,1-6H3,(H,65,83)(H,66,89)(H,67,91)(H,68,88)(H,69,84)(H,71,82)(H,72,85)(H,73,90)/t33-,34+,35-,37+,38-,40?,44?,45-,49-,56?,57-,58?/m0/s1. The molecule has 0 aliphatic carbocycles. The molecule has 0 spiro atoms. The number of rotatable bonds is 19. The molecule has 93 heavy (non-hydrogen) atoms. The van der Waals surface area contributed by atoms with E-state index in [2.05, 4.69) is 47.5 Å². The van der Waals surface area contributed by atoms with Crippen LogP contribution >= 0.6 is 11.8 Å². The molecule has 2 aromatic carbocycles. The van der Waals surface area contributed by atoms with E-state index in [1.54, 1.807) is 76.2 Å². The molecular formula is C64H83N11O17S. The van der Waals surface area contributed by atoms with Crippen LogP contribution in [0.25, 0.3) is 10.9 Å². The number of nitrogens with zero attached hydrogens (tertiary/aromatic N) is 2. The predicted octanol–water partition coefficient (Wildman–Crippen LogP) is -0.639. The molecule has 11 amide bonds. The number of imide groups is 1. The van der Waals surface area contributed by atoms with E-state index in [-0.39, 0.29) is 50.4 Å². The zero-order valence-electron chi connectivity index (χ0n) is 52.7. The van der Waals surface area contributed by atoms with Crippen molar-refractivity contribution < 1.29 is 82.4 Å². The summed E-state index contributed by atoms with van der Waals surface area (Å²) in [7, 11) is 0. The van der Waals surface area contributed by atoms with E-state index >= 15 is 9.59 Å². The number of H-pyrrole nitrogens is 1. The second-order valence-electron chi connectivity index (χ2n) is 24.6. The van der Waals surface area contributed by atoms with Gasteiger partial charge < -0.3 is 67.7 Å². The van der Waals surface area contributed by atoms with Gasteiger partial charge in [0, 0.05) is 110 Å². The van der Waals surface area contributed by atoms with E-state index in [4.69, 9.17) is 0 Å². The maximum atomic E-state index is 15.1. The SMILES string of the molecule is CC[C@H](C)[C@@H]1NC(=O)CNC(=O)[C@H]2CC(=O)C([C@@H](C)[C@@H](O)CO)NC(=O)[C@@H]3CC(O)CN3C(=O)[C@H](CC(=O)NCc3ccc(NC(=O)[C@H](C)CC(=O)C(NC(=O)CCN4C(=O)C=CC4=O)C(C)C)cc3)CC(=O)C(CSc3[nH]c4ccccc4c3C2)NC(=O)CNC1=O. The van der Waals surface area contributed by atoms with E-state index in [0.29, 0.717) is 39.2 Å². The van der Waals surface area contributed by atoms with Gasteiger partial charge in [-0.25, -0.2) is 0 Å². The van der Waals surface area contributed by atoms with E-state index in [1.807, 2.05) is 0 Å². The maximum Gasteiger partial charge on any atom is 0.253 e. The summed E-state index contributed by atoms with van der Waals surface area (Å²) in [6.07, 6.45) is -3.42. The lowest BCUT2D eigenvalue weighted by Crippen LogP contribution is -2.56. The fraction of sp³-hybridized carbons (Fsp3) is 0.531. The van der Waals surface area contributed by atoms with Crippen LogP contribution in [0.4, 0.5) is 5.69 Å². The molecule has 1 aromatic heterocycles. The van der Waals surface area contributed by atoms with Gasteiger partial charge >= 0.3 is 0 Å². The minimum atomic E-state index is -1.63. The molecule has 0 radical (unpaired) electrons. The molecule has 5 heterocycles. The van der Waals surface area contributed by atoms with Crippen molar-refractivity contribution in [3.8, 4) is 0 Å². The van der Waals surface area contributed by atoms with Crippen molar-refractivity contribution in [2.75, 3.05) is 43.9 Å². The van der Waals surface area contributed by atoms with Crippen LogP contribution in [0, 0.1) is 35.5 Å². The minimum absolute atomic E-state index is 0.143. The van der Waals surface area contributed by atoms with Gasteiger partial charge in [0.25, 0.3) is 11.8 Å². The van der Waals surface area contributed by atoms with Crippen molar-refractivity contribution in [2.24, 2.45) is 35.5 Å². The summed E-state index contributed by atoms with van der Waals surface area (Å²) in [5.41, 5.74) is 1.91. The van der Waals surface area contributed by atoms with E-state index in [9.17, 15) is 72.9 Å². The molecule has 4 aliphatic heterocycles. The number of amides is 11. The largest absolute Gasteiger partial charge is 0.394 e. The van der Waals surface area contributed by atoms with Crippen molar-refractivity contribution in [3.63, 3.8) is 0 Å². The van der Waals surface area contributed by atoms with Crippen molar-refractivity contribution in [3.05, 3.63) is 71.8 Å². The van der Waals surface area contributed by atoms with Gasteiger partial charge in [-0.3, -0.25) is 72.0 Å². The summed E-state index contributed by atoms with van der Waals surface area (Å²) >= 11 is 1.06. The Labute approximate surface area is 541 Å². The maximum absolute atomic E-state index is 15.1. The molecule has 4 unspecified atom stereocenters. The van der Waals surface area contributed by atoms with Gasteiger partial charge in [-0.15, -0.1) is 11.8 Å². The van der Waals surface area contributed by atoms with Gasteiger partial charge in [0.15, 0.2) is 17.3 Å². The highest BCUT2D eigenvalue weighted by Gasteiger charge is 2.45. The normalized spacial score (nSPS) is 24.0. The van der Waals surface area contributed by atoms with E-state index in [1.165, 1.54) is 13.8 Å². The lowest BCUT2D eigenvalue weighted by molar-refractivity contribution is -0.145. The number of aliphatic hydroxyl groups is 3. The number of para-hydroxylation sites is 1. The van der Waals surface area contributed by atoms with Crippen LogP contribution in [0.5, 0.6) is 0 Å². The molecule has 12 atom stereocenters. The molecule has 3 aromatic rings.